The van der Waals surface area contributed by atoms with Crippen LogP contribution in [0.3, 0.4) is 0 Å². The Morgan fingerprint density at radius 1 is 1.42 bits per heavy atom. The summed E-state index contributed by atoms with van der Waals surface area (Å²) in [7, 11) is 0. The quantitative estimate of drug-likeness (QED) is 0.860. The van der Waals surface area contributed by atoms with E-state index in [-0.39, 0.29) is 5.75 Å². The van der Waals surface area contributed by atoms with Gasteiger partial charge in [-0.1, -0.05) is 6.07 Å². The summed E-state index contributed by atoms with van der Waals surface area (Å²) in [6.07, 6.45) is -5.72. The third-order valence-corrected chi connectivity index (χ3v) is 2.22. The third-order valence-electron chi connectivity index (χ3n) is 2.22. The largest absolute Gasteiger partial charge is 0.478 e. The molecule has 0 radical (unpaired) electrons. The number of rotatable bonds is 4. The highest BCUT2D eigenvalue weighted by molar-refractivity contribution is 5.80. The van der Waals surface area contributed by atoms with Gasteiger partial charge < -0.3 is 10.1 Å². The summed E-state index contributed by atoms with van der Waals surface area (Å²) in [5.74, 6) is -1.81. The summed E-state index contributed by atoms with van der Waals surface area (Å²) < 4.78 is 54.1. The lowest BCUT2D eigenvalue weighted by molar-refractivity contribution is -0.142. The third kappa shape index (κ3) is 5.15. The number of halogens is 4. The molecule has 3 nitrogen and oxygen atoms in total. The molecule has 19 heavy (non-hydrogen) atoms. The van der Waals surface area contributed by atoms with Crippen LogP contribution in [-0.4, -0.2) is 24.7 Å². The van der Waals surface area contributed by atoms with Crippen molar-refractivity contribution >= 4 is 5.91 Å². The maximum Gasteiger partial charge on any atom is 0.405 e. The molecule has 0 aliphatic carbocycles. The number of hydrogen-bond donors (Lipinski definition) is 1. The van der Waals surface area contributed by atoms with E-state index in [0.717, 1.165) is 6.07 Å². The molecule has 0 unspecified atom stereocenters. The molecule has 0 aromatic heterocycles. The highest BCUT2D eigenvalue weighted by Crippen LogP contribution is 2.20. The molecule has 0 saturated heterocycles. The summed E-state index contributed by atoms with van der Waals surface area (Å²) >= 11 is 0. The number of nitrogens with one attached hydrogen (secondary N) is 1. The van der Waals surface area contributed by atoms with Gasteiger partial charge in [0, 0.05) is 0 Å². The first kappa shape index (κ1) is 15.3. The van der Waals surface area contributed by atoms with Crippen molar-refractivity contribution in [3.8, 4) is 5.75 Å². The standard InChI is InChI=1S/C12H13F4NO2/c1-7-3-4-9(13)10(5-7)19-8(2)11(18)17-6-12(14,15)16/h3-5,8H,6H2,1-2H3,(H,17,18)/t8-/m0/s1. The van der Waals surface area contributed by atoms with Crippen LogP contribution in [0.15, 0.2) is 18.2 Å². The van der Waals surface area contributed by atoms with Crippen LogP contribution in [-0.2, 0) is 4.79 Å². The fraction of sp³-hybridized carbons (Fsp3) is 0.417. The number of alkyl halides is 3. The van der Waals surface area contributed by atoms with Crippen molar-refractivity contribution in [2.75, 3.05) is 6.54 Å². The normalized spacial score (nSPS) is 12.9. The van der Waals surface area contributed by atoms with Gasteiger partial charge >= 0.3 is 6.18 Å². The average Bonchev–Trinajstić information content (AvgIpc) is 2.29. The molecule has 0 spiro atoms. The average molecular weight is 279 g/mol. The summed E-state index contributed by atoms with van der Waals surface area (Å²) in [5.41, 5.74) is 0.708. The monoisotopic (exact) mass is 279 g/mol. The lowest BCUT2D eigenvalue weighted by atomic mass is 10.2. The van der Waals surface area contributed by atoms with E-state index in [4.69, 9.17) is 4.74 Å². The molecule has 0 fully saturated rings. The van der Waals surface area contributed by atoms with E-state index >= 15 is 0 Å². The zero-order chi connectivity index (χ0) is 14.6. The molecular formula is C12H13F4NO2. The Morgan fingerprint density at radius 3 is 2.63 bits per heavy atom. The van der Waals surface area contributed by atoms with Crippen LogP contribution in [0.2, 0.25) is 0 Å². The van der Waals surface area contributed by atoms with Gasteiger partial charge in [-0.15, -0.1) is 0 Å². The molecule has 1 amide bonds. The molecule has 0 heterocycles. The molecule has 1 aromatic carbocycles. The zero-order valence-corrected chi connectivity index (χ0v) is 10.3. The molecule has 1 aromatic rings. The van der Waals surface area contributed by atoms with Crippen molar-refractivity contribution in [1.82, 2.24) is 5.32 Å². The Hall–Kier alpha value is -1.79. The predicted molar refractivity (Wildman–Crippen MR) is 60.3 cm³/mol. The van der Waals surface area contributed by atoms with E-state index in [1.54, 1.807) is 12.2 Å². The van der Waals surface area contributed by atoms with Crippen LogP contribution < -0.4 is 10.1 Å². The second-order valence-corrected chi connectivity index (χ2v) is 4.03. The second-order valence-electron chi connectivity index (χ2n) is 4.03. The number of amides is 1. The fourth-order valence-electron chi connectivity index (χ4n) is 1.28. The van der Waals surface area contributed by atoms with E-state index in [9.17, 15) is 22.4 Å². The van der Waals surface area contributed by atoms with E-state index in [2.05, 4.69) is 0 Å². The molecule has 0 aliphatic rings. The highest BCUT2D eigenvalue weighted by Gasteiger charge is 2.29. The van der Waals surface area contributed by atoms with Crippen LogP contribution in [0, 0.1) is 12.7 Å². The van der Waals surface area contributed by atoms with Crippen molar-refractivity contribution in [1.29, 1.82) is 0 Å². The summed E-state index contributed by atoms with van der Waals surface area (Å²) in [6.45, 7) is 1.49. The van der Waals surface area contributed by atoms with E-state index in [0.29, 0.717) is 5.56 Å². The Kier molecular flexibility index (Phi) is 4.74. The van der Waals surface area contributed by atoms with E-state index < -0.39 is 30.5 Å². The van der Waals surface area contributed by atoms with Crippen LogP contribution >= 0.6 is 0 Å². The Bertz CT molecular complexity index is 460. The van der Waals surface area contributed by atoms with Gasteiger partial charge in [0.1, 0.15) is 6.54 Å². The fourth-order valence-corrected chi connectivity index (χ4v) is 1.28. The zero-order valence-electron chi connectivity index (χ0n) is 10.3. The molecule has 0 aliphatic heterocycles. The van der Waals surface area contributed by atoms with Crippen molar-refractivity contribution in [3.63, 3.8) is 0 Å². The molecule has 1 N–H and O–H groups in total. The SMILES string of the molecule is Cc1ccc(F)c(O[C@@H](C)C(=O)NCC(F)(F)F)c1. The minimum atomic E-state index is -4.50. The molecule has 0 saturated carbocycles. The van der Waals surface area contributed by atoms with Gasteiger partial charge in [-0.25, -0.2) is 4.39 Å². The summed E-state index contributed by atoms with van der Waals surface area (Å²) in [6, 6.07) is 4.03. The molecule has 1 rings (SSSR count). The highest BCUT2D eigenvalue weighted by atomic mass is 19.4. The molecule has 106 valence electrons. The number of carbonyl (C=O) groups excluding carboxylic acids is 1. The minimum absolute atomic E-state index is 0.172. The lowest BCUT2D eigenvalue weighted by Gasteiger charge is -2.16. The Labute approximate surface area is 107 Å². The predicted octanol–water partition coefficient (Wildman–Crippen LogP) is 2.58. The first-order chi connectivity index (χ1) is 8.69. The van der Waals surface area contributed by atoms with Gasteiger partial charge in [0.15, 0.2) is 17.7 Å². The number of carbonyl (C=O) groups is 1. The van der Waals surface area contributed by atoms with Gasteiger partial charge in [-0.2, -0.15) is 13.2 Å². The van der Waals surface area contributed by atoms with Crippen molar-refractivity contribution in [2.45, 2.75) is 26.1 Å². The van der Waals surface area contributed by atoms with E-state index in [1.807, 2.05) is 0 Å². The second kappa shape index (κ2) is 5.90. The number of benzene rings is 1. The summed E-state index contributed by atoms with van der Waals surface area (Å²) in [4.78, 5) is 11.3. The Morgan fingerprint density at radius 2 is 2.05 bits per heavy atom. The summed E-state index contributed by atoms with van der Waals surface area (Å²) in [5, 5.41) is 1.67. The van der Waals surface area contributed by atoms with Crippen LogP contribution in [0.25, 0.3) is 0 Å². The van der Waals surface area contributed by atoms with Crippen LogP contribution in [0.4, 0.5) is 17.6 Å². The van der Waals surface area contributed by atoms with Crippen molar-refractivity contribution in [3.05, 3.63) is 29.6 Å². The van der Waals surface area contributed by atoms with Gasteiger partial charge in [-0.05, 0) is 31.5 Å². The Balaban J connectivity index is 2.61. The maximum absolute atomic E-state index is 13.3. The van der Waals surface area contributed by atoms with Gasteiger partial charge in [0.25, 0.3) is 5.91 Å². The molecule has 0 bridgehead atoms. The first-order valence-electron chi connectivity index (χ1n) is 5.46. The first-order valence-corrected chi connectivity index (χ1v) is 5.46. The van der Waals surface area contributed by atoms with Gasteiger partial charge in [-0.3, -0.25) is 4.79 Å². The minimum Gasteiger partial charge on any atom is -0.478 e. The topological polar surface area (TPSA) is 38.3 Å². The number of hydrogen-bond acceptors (Lipinski definition) is 2. The van der Waals surface area contributed by atoms with Gasteiger partial charge in [0.05, 0.1) is 0 Å². The maximum atomic E-state index is 13.3. The van der Waals surface area contributed by atoms with E-state index in [1.165, 1.54) is 19.1 Å². The number of aryl methyl sites for hydroxylation is 1. The van der Waals surface area contributed by atoms with Crippen LogP contribution in [0.5, 0.6) is 5.75 Å². The van der Waals surface area contributed by atoms with Crippen molar-refractivity contribution < 1.29 is 27.1 Å². The van der Waals surface area contributed by atoms with Crippen LogP contribution in [0.1, 0.15) is 12.5 Å². The van der Waals surface area contributed by atoms with Gasteiger partial charge in [0.2, 0.25) is 0 Å². The molecule has 1 atom stereocenters. The molecule has 7 heteroatoms. The lowest BCUT2D eigenvalue weighted by Crippen LogP contribution is -2.41. The molecular weight excluding hydrogens is 266 g/mol. The van der Waals surface area contributed by atoms with Crippen molar-refractivity contribution in [2.24, 2.45) is 0 Å². The number of ether oxygens (including phenoxy) is 1. The smallest absolute Gasteiger partial charge is 0.405 e.